The van der Waals surface area contributed by atoms with E-state index in [1.165, 1.54) is 12.1 Å². The highest BCUT2D eigenvalue weighted by Gasteiger charge is 2.30. The highest BCUT2D eigenvalue weighted by molar-refractivity contribution is 5.77. The van der Waals surface area contributed by atoms with Crippen molar-refractivity contribution in [2.24, 2.45) is 0 Å². The Morgan fingerprint density at radius 1 is 1.10 bits per heavy atom. The number of hydrogen-bond donors (Lipinski definition) is 0. The van der Waals surface area contributed by atoms with Gasteiger partial charge in [-0.25, -0.2) is 4.98 Å². The van der Waals surface area contributed by atoms with E-state index in [2.05, 4.69) is 4.98 Å². The van der Waals surface area contributed by atoms with E-state index in [4.69, 9.17) is 5.26 Å². The van der Waals surface area contributed by atoms with Gasteiger partial charge in [-0.15, -0.1) is 0 Å². The van der Waals surface area contributed by atoms with Crippen LogP contribution < -0.4 is 0 Å². The fraction of sp³-hybridized carbons (Fsp3) is 0.0667. The lowest BCUT2D eigenvalue weighted by atomic mass is 10.1. The van der Waals surface area contributed by atoms with Crippen LogP contribution >= 0.6 is 0 Å². The Kier molecular flexibility index (Phi) is 2.91. The first-order chi connectivity index (χ1) is 9.99. The molecule has 0 spiro atoms. The molecule has 0 saturated carbocycles. The van der Waals surface area contributed by atoms with Crippen molar-refractivity contribution >= 4 is 5.52 Å². The van der Waals surface area contributed by atoms with Crippen molar-refractivity contribution in [3.63, 3.8) is 0 Å². The number of benzene rings is 1. The summed E-state index contributed by atoms with van der Waals surface area (Å²) in [6.45, 7) is 0. The summed E-state index contributed by atoms with van der Waals surface area (Å²) in [5, 5.41) is 8.98. The Labute approximate surface area is 117 Å². The van der Waals surface area contributed by atoms with Crippen molar-refractivity contribution in [3.8, 4) is 17.3 Å². The minimum absolute atomic E-state index is 0.202. The molecule has 0 radical (unpaired) electrons. The minimum Gasteiger partial charge on any atom is -0.319 e. The van der Waals surface area contributed by atoms with E-state index in [1.54, 1.807) is 28.9 Å². The van der Waals surface area contributed by atoms with Gasteiger partial charge < -0.3 is 4.40 Å². The standard InChI is InChI=1S/C15H8F3N3/c16-15(17,18)11-5-3-10(4-6-11)14-13-2-1-7-21(13)9-12(8-19)20-14/h1-7,9H. The van der Waals surface area contributed by atoms with E-state index in [-0.39, 0.29) is 5.69 Å². The first-order valence-corrected chi connectivity index (χ1v) is 6.04. The zero-order chi connectivity index (χ0) is 15.0. The summed E-state index contributed by atoms with van der Waals surface area (Å²) >= 11 is 0. The van der Waals surface area contributed by atoms with Gasteiger partial charge in [0.2, 0.25) is 0 Å². The van der Waals surface area contributed by atoms with Gasteiger partial charge in [-0.1, -0.05) is 12.1 Å². The molecule has 0 bridgehead atoms. The molecular formula is C15H8F3N3. The SMILES string of the molecule is N#Cc1cn2cccc2c(-c2ccc(C(F)(F)F)cc2)n1. The Balaban J connectivity index is 2.16. The monoisotopic (exact) mass is 287 g/mol. The van der Waals surface area contributed by atoms with Crippen LogP contribution in [0.25, 0.3) is 16.8 Å². The lowest BCUT2D eigenvalue weighted by Gasteiger charge is -2.09. The molecule has 0 atom stereocenters. The number of nitrogens with zero attached hydrogens (tertiary/aromatic N) is 3. The van der Waals surface area contributed by atoms with Crippen LogP contribution in [0.5, 0.6) is 0 Å². The Morgan fingerprint density at radius 2 is 1.81 bits per heavy atom. The average Bonchev–Trinajstić information content (AvgIpc) is 2.93. The summed E-state index contributed by atoms with van der Waals surface area (Å²) in [6.07, 6.45) is -1.04. The fourth-order valence-corrected chi connectivity index (χ4v) is 2.13. The van der Waals surface area contributed by atoms with Gasteiger partial charge in [0, 0.05) is 18.0 Å². The molecular weight excluding hydrogens is 279 g/mol. The van der Waals surface area contributed by atoms with Crippen LogP contribution in [-0.2, 0) is 6.18 Å². The van der Waals surface area contributed by atoms with Gasteiger partial charge in [0.15, 0.2) is 5.69 Å². The van der Waals surface area contributed by atoms with Gasteiger partial charge >= 0.3 is 6.18 Å². The molecule has 0 aliphatic heterocycles. The largest absolute Gasteiger partial charge is 0.416 e. The number of alkyl halides is 3. The molecule has 3 rings (SSSR count). The molecule has 3 aromatic rings. The van der Waals surface area contributed by atoms with Crippen molar-refractivity contribution in [2.45, 2.75) is 6.18 Å². The van der Waals surface area contributed by atoms with Crippen LogP contribution in [0.3, 0.4) is 0 Å². The van der Waals surface area contributed by atoms with E-state index < -0.39 is 11.7 Å². The third-order valence-corrected chi connectivity index (χ3v) is 3.12. The first kappa shape index (κ1) is 13.2. The Morgan fingerprint density at radius 3 is 2.43 bits per heavy atom. The molecule has 0 fully saturated rings. The lowest BCUT2D eigenvalue weighted by Crippen LogP contribution is -2.04. The summed E-state index contributed by atoms with van der Waals surface area (Å²) in [7, 11) is 0. The minimum atomic E-state index is -4.37. The molecule has 104 valence electrons. The summed E-state index contributed by atoms with van der Waals surface area (Å²) in [5.74, 6) is 0. The molecule has 6 heteroatoms. The zero-order valence-corrected chi connectivity index (χ0v) is 10.6. The molecule has 0 unspecified atom stereocenters. The lowest BCUT2D eigenvalue weighted by molar-refractivity contribution is -0.137. The van der Waals surface area contributed by atoms with Crippen LogP contribution in [-0.4, -0.2) is 9.38 Å². The second-order valence-corrected chi connectivity index (χ2v) is 4.46. The smallest absolute Gasteiger partial charge is 0.319 e. The Hall–Kier alpha value is -2.81. The van der Waals surface area contributed by atoms with Crippen LogP contribution in [0.1, 0.15) is 11.3 Å². The van der Waals surface area contributed by atoms with Gasteiger partial charge in [-0.2, -0.15) is 18.4 Å². The molecule has 3 nitrogen and oxygen atoms in total. The molecule has 0 saturated heterocycles. The molecule has 0 aliphatic rings. The normalized spacial score (nSPS) is 11.5. The highest BCUT2D eigenvalue weighted by Crippen LogP contribution is 2.31. The van der Waals surface area contributed by atoms with Crippen LogP contribution in [0.15, 0.2) is 48.8 Å². The molecule has 2 heterocycles. The second kappa shape index (κ2) is 4.63. The van der Waals surface area contributed by atoms with Crippen molar-refractivity contribution in [2.75, 3.05) is 0 Å². The Bertz CT molecular complexity index is 839. The van der Waals surface area contributed by atoms with E-state index in [0.717, 1.165) is 17.6 Å². The number of aromatic nitrogens is 2. The summed E-state index contributed by atoms with van der Waals surface area (Å²) < 4.78 is 39.5. The molecule has 0 amide bonds. The van der Waals surface area contributed by atoms with E-state index >= 15 is 0 Å². The summed E-state index contributed by atoms with van der Waals surface area (Å²) in [5.41, 5.74) is 1.23. The predicted molar refractivity (Wildman–Crippen MR) is 70.3 cm³/mol. The van der Waals surface area contributed by atoms with Crippen molar-refractivity contribution < 1.29 is 13.2 Å². The van der Waals surface area contributed by atoms with Crippen LogP contribution in [0.2, 0.25) is 0 Å². The number of rotatable bonds is 1. The quantitative estimate of drug-likeness (QED) is 0.681. The zero-order valence-electron chi connectivity index (χ0n) is 10.6. The fourth-order valence-electron chi connectivity index (χ4n) is 2.13. The van der Waals surface area contributed by atoms with Gasteiger partial charge in [0.1, 0.15) is 6.07 Å². The maximum Gasteiger partial charge on any atom is 0.416 e. The number of hydrogen-bond acceptors (Lipinski definition) is 2. The number of fused-ring (bicyclic) bond motifs is 1. The van der Waals surface area contributed by atoms with E-state index in [0.29, 0.717) is 11.3 Å². The second-order valence-electron chi connectivity index (χ2n) is 4.46. The van der Waals surface area contributed by atoms with Crippen molar-refractivity contribution in [3.05, 3.63) is 60.0 Å². The van der Waals surface area contributed by atoms with Crippen LogP contribution in [0.4, 0.5) is 13.2 Å². The van der Waals surface area contributed by atoms with Gasteiger partial charge in [0.25, 0.3) is 0 Å². The summed E-state index contributed by atoms with van der Waals surface area (Å²) in [4.78, 5) is 4.19. The average molecular weight is 287 g/mol. The predicted octanol–water partition coefficient (Wildman–Crippen LogP) is 3.89. The topological polar surface area (TPSA) is 41.1 Å². The van der Waals surface area contributed by atoms with E-state index in [9.17, 15) is 13.2 Å². The summed E-state index contributed by atoms with van der Waals surface area (Å²) in [6, 6.07) is 10.3. The molecule has 2 aromatic heterocycles. The van der Waals surface area contributed by atoms with Gasteiger partial charge in [-0.3, -0.25) is 0 Å². The van der Waals surface area contributed by atoms with E-state index in [1.807, 2.05) is 6.07 Å². The maximum absolute atomic E-state index is 12.6. The van der Waals surface area contributed by atoms with Crippen LogP contribution in [0, 0.1) is 11.3 Å². The van der Waals surface area contributed by atoms with Gasteiger partial charge in [0.05, 0.1) is 16.8 Å². The van der Waals surface area contributed by atoms with Crippen molar-refractivity contribution in [1.82, 2.24) is 9.38 Å². The number of halogens is 3. The molecule has 1 aromatic carbocycles. The molecule has 0 N–H and O–H groups in total. The third-order valence-electron chi connectivity index (χ3n) is 3.12. The highest BCUT2D eigenvalue weighted by atomic mass is 19.4. The van der Waals surface area contributed by atoms with Gasteiger partial charge in [-0.05, 0) is 24.3 Å². The molecule has 0 aliphatic carbocycles. The number of nitriles is 1. The first-order valence-electron chi connectivity index (χ1n) is 6.04. The third kappa shape index (κ3) is 2.34. The van der Waals surface area contributed by atoms with Crippen molar-refractivity contribution in [1.29, 1.82) is 5.26 Å². The molecule has 21 heavy (non-hydrogen) atoms. The maximum atomic E-state index is 12.6.